The van der Waals surface area contributed by atoms with E-state index in [1.165, 1.54) is 34.1 Å². The molecule has 10 nitrogen and oxygen atoms in total. The molecule has 3 aromatic rings. The van der Waals surface area contributed by atoms with E-state index in [0.29, 0.717) is 24.1 Å². The summed E-state index contributed by atoms with van der Waals surface area (Å²) in [6.07, 6.45) is 3.66. The molecule has 1 saturated heterocycles. The molecule has 2 aliphatic rings. The van der Waals surface area contributed by atoms with E-state index < -0.39 is 41.0 Å². The Bertz CT molecular complexity index is 1430. The first kappa shape index (κ1) is 23.5. The number of nitrogens with one attached hydrogen (secondary N) is 1. The molecule has 2 atom stereocenters. The topological polar surface area (TPSA) is 130 Å². The third kappa shape index (κ3) is 4.09. The van der Waals surface area contributed by atoms with E-state index in [2.05, 4.69) is 20.8 Å². The Morgan fingerprint density at radius 1 is 1.17 bits per heavy atom. The van der Waals surface area contributed by atoms with E-state index in [-0.39, 0.29) is 28.7 Å². The number of hydrogen-bond donors (Lipinski definition) is 2. The number of anilines is 1. The first-order valence-corrected chi connectivity index (χ1v) is 11.2. The summed E-state index contributed by atoms with van der Waals surface area (Å²) in [5.74, 6) is -4.14. The summed E-state index contributed by atoms with van der Waals surface area (Å²) in [5.41, 5.74) is 0.364. The van der Waals surface area contributed by atoms with Gasteiger partial charge >= 0.3 is 5.97 Å². The Kier molecular flexibility index (Phi) is 5.96. The van der Waals surface area contributed by atoms with Crippen LogP contribution in [0.15, 0.2) is 42.7 Å². The smallest absolute Gasteiger partial charge is 0.338 e. The van der Waals surface area contributed by atoms with Crippen LogP contribution in [0, 0.1) is 11.6 Å². The highest BCUT2D eigenvalue weighted by Gasteiger charge is 2.43. The summed E-state index contributed by atoms with van der Waals surface area (Å²) in [4.78, 5) is 38.5. The number of carbonyl (C=O) groups is 3. The van der Waals surface area contributed by atoms with Crippen molar-refractivity contribution in [3.63, 3.8) is 0 Å². The first-order valence-electron chi connectivity index (χ1n) is 10.8. The molecule has 5 rings (SSSR count). The van der Waals surface area contributed by atoms with E-state index in [1.54, 1.807) is 6.07 Å². The molecule has 13 heteroatoms. The second-order valence-corrected chi connectivity index (χ2v) is 8.77. The van der Waals surface area contributed by atoms with Crippen molar-refractivity contribution in [3.8, 4) is 5.69 Å². The fraction of sp³-hybridized carbons (Fsp3) is 0.217. The maximum Gasteiger partial charge on any atom is 0.338 e. The Labute approximate surface area is 207 Å². The zero-order chi connectivity index (χ0) is 25.6. The lowest BCUT2D eigenvalue weighted by molar-refractivity contribution is -0.135. The third-order valence-electron chi connectivity index (χ3n) is 6.27. The highest BCUT2D eigenvalue weighted by Crippen LogP contribution is 2.40. The number of tetrazole rings is 1. The zero-order valence-electron chi connectivity index (χ0n) is 18.4. The van der Waals surface area contributed by atoms with Crippen LogP contribution >= 0.6 is 11.6 Å². The van der Waals surface area contributed by atoms with Gasteiger partial charge in [0.25, 0.3) is 0 Å². The Balaban J connectivity index is 1.41. The van der Waals surface area contributed by atoms with E-state index >= 15 is 4.39 Å². The highest BCUT2D eigenvalue weighted by molar-refractivity contribution is 6.31. The van der Waals surface area contributed by atoms with Crippen molar-refractivity contribution < 1.29 is 28.3 Å². The van der Waals surface area contributed by atoms with Crippen molar-refractivity contribution in [1.82, 2.24) is 25.1 Å². The molecule has 0 saturated carbocycles. The number of aromatic carboxylic acids is 1. The van der Waals surface area contributed by atoms with Gasteiger partial charge in [0.1, 0.15) is 18.2 Å². The molecule has 36 heavy (non-hydrogen) atoms. The molecular weight excluding hydrogens is 498 g/mol. The van der Waals surface area contributed by atoms with Gasteiger partial charge in [0, 0.05) is 23.4 Å². The minimum absolute atomic E-state index is 0.0683. The molecule has 1 unspecified atom stereocenters. The van der Waals surface area contributed by atoms with E-state index in [0.717, 1.165) is 12.1 Å². The van der Waals surface area contributed by atoms with Crippen LogP contribution in [0.4, 0.5) is 14.5 Å². The highest BCUT2D eigenvalue weighted by atomic mass is 35.5. The molecule has 2 aliphatic heterocycles. The van der Waals surface area contributed by atoms with Gasteiger partial charge in [-0.1, -0.05) is 11.6 Å². The van der Waals surface area contributed by atoms with Crippen LogP contribution in [0.5, 0.6) is 0 Å². The number of benzene rings is 2. The maximum absolute atomic E-state index is 15.2. The Morgan fingerprint density at radius 2 is 1.97 bits per heavy atom. The number of carboxylic acid groups (broad SMARTS) is 1. The van der Waals surface area contributed by atoms with Crippen LogP contribution < -0.4 is 5.32 Å². The van der Waals surface area contributed by atoms with Crippen molar-refractivity contribution in [1.29, 1.82) is 0 Å². The van der Waals surface area contributed by atoms with Crippen molar-refractivity contribution in [3.05, 3.63) is 70.5 Å². The Morgan fingerprint density at radius 3 is 2.67 bits per heavy atom. The van der Waals surface area contributed by atoms with Crippen LogP contribution in [0.25, 0.3) is 11.3 Å². The number of nitrogens with zero attached hydrogens (tertiary/aromatic N) is 5. The van der Waals surface area contributed by atoms with Crippen molar-refractivity contribution in [2.45, 2.75) is 31.3 Å². The first-order chi connectivity index (χ1) is 17.2. The van der Waals surface area contributed by atoms with Gasteiger partial charge in [-0.25, -0.2) is 13.6 Å². The number of amides is 2. The summed E-state index contributed by atoms with van der Waals surface area (Å²) in [5, 5.41) is 22.3. The minimum Gasteiger partial charge on any atom is -0.478 e. The van der Waals surface area contributed by atoms with Gasteiger partial charge in [-0.15, -0.1) is 5.10 Å². The molecule has 1 aromatic heterocycles. The number of halogens is 3. The van der Waals surface area contributed by atoms with Crippen molar-refractivity contribution >= 4 is 40.6 Å². The average molecular weight is 515 g/mol. The molecule has 2 amide bonds. The molecule has 2 aromatic carbocycles. The molecule has 1 fully saturated rings. The van der Waals surface area contributed by atoms with Gasteiger partial charge in [0.2, 0.25) is 11.8 Å². The second kappa shape index (κ2) is 9.11. The van der Waals surface area contributed by atoms with Crippen LogP contribution in [-0.4, -0.2) is 60.1 Å². The van der Waals surface area contributed by atoms with Crippen LogP contribution in [-0.2, 0) is 9.59 Å². The number of carboxylic acids is 1. The second-order valence-electron chi connectivity index (χ2n) is 8.37. The lowest BCUT2D eigenvalue weighted by Gasteiger charge is -2.33. The van der Waals surface area contributed by atoms with E-state index in [1.807, 2.05) is 0 Å². The summed E-state index contributed by atoms with van der Waals surface area (Å²) < 4.78 is 30.4. The molecule has 0 spiro atoms. The minimum atomic E-state index is -1.43. The van der Waals surface area contributed by atoms with Crippen molar-refractivity contribution in [2.24, 2.45) is 0 Å². The predicted molar refractivity (Wildman–Crippen MR) is 122 cm³/mol. The molecule has 0 bridgehead atoms. The summed E-state index contributed by atoms with van der Waals surface area (Å²) in [6, 6.07) is 4.95. The van der Waals surface area contributed by atoms with E-state index in [9.17, 15) is 18.8 Å². The quantitative estimate of drug-likeness (QED) is 0.535. The van der Waals surface area contributed by atoms with Gasteiger partial charge in [0.05, 0.1) is 16.3 Å². The third-order valence-corrected chi connectivity index (χ3v) is 6.56. The largest absolute Gasteiger partial charge is 0.478 e. The summed E-state index contributed by atoms with van der Waals surface area (Å²) in [7, 11) is 0. The molecule has 0 aliphatic carbocycles. The van der Waals surface area contributed by atoms with Crippen LogP contribution in [0.3, 0.4) is 0 Å². The molecule has 3 heterocycles. The standard InChI is InChI=1S/C23H17ClF2N6O4/c24-15-4-6-17(31-10-27-29-30-31)20(21(15)26)11-7-13-2-5-18(32(13)19(33)8-11)22(34)28-12-1-3-14(23(35)36)16(25)9-12/h1,3-4,6,8-10,13,18H,2,5,7H2,(H,28,34)(H,35,36)/t13?,18-/m0/s1. The maximum atomic E-state index is 15.2. The molecule has 0 radical (unpaired) electrons. The van der Waals surface area contributed by atoms with Gasteiger partial charge < -0.3 is 15.3 Å². The van der Waals surface area contributed by atoms with Crippen LogP contribution in [0.1, 0.15) is 35.2 Å². The lowest BCUT2D eigenvalue weighted by Crippen LogP contribution is -2.48. The van der Waals surface area contributed by atoms with Gasteiger partial charge in [0.15, 0.2) is 5.82 Å². The van der Waals surface area contributed by atoms with E-state index in [4.69, 9.17) is 16.7 Å². The fourth-order valence-corrected chi connectivity index (χ4v) is 4.84. The average Bonchev–Trinajstić information content (AvgIpc) is 3.51. The van der Waals surface area contributed by atoms with Gasteiger partial charge in [-0.3, -0.25) is 9.59 Å². The molecule has 184 valence electrons. The summed E-state index contributed by atoms with van der Waals surface area (Å²) in [6.45, 7) is 0. The number of carbonyl (C=O) groups excluding carboxylic acids is 2. The normalized spacial score (nSPS) is 19.1. The monoisotopic (exact) mass is 514 g/mol. The molecular formula is C23H17ClF2N6O4. The number of rotatable bonds is 5. The van der Waals surface area contributed by atoms with Crippen molar-refractivity contribution in [2.75, 3.05) is 5.32 Å². The zero-order valence-corrected chi connectivity index (χ0v) is 19.1. The van der Waals surface area contributed by atoms with Crippen LogP contribution in [0.2, 0.25) is 5.02 Å². The SMILES string of the molecule is O=C(O)c1ccc(NC(=O)[C@@H]2CCC3CC(c4c(-n5cnnn5)ccc(Cl)c4F)=CC(=O)N32)cc1F. The van der Waals surface area contributed by atoms with Gasteiger partial charge in [-0.05, 0) is 65.6 Å². The predicted octanol–water partition coefficient (Wildman–Crippen LogP) is 3.08. The molecule has 2 N–H and O–H groups in total. The van der Waals surface area contributed by atoms with Gasteiger partial charge in [-0.2, -0.15) is 4.68 Å². The number of aromatic nitrogens is 4. The lowest BCUT2D eigenvalue weighted by atomic mass is 9.92. The summed E-state index contributed by atoms with van der Waals surface area (Å²) >= 11 is 6.02. The fourth-order valence-electron chi connectivity index (χ4n) is 4.69. The number of hydrogen-bond acceptors (Lipinski definition) is 6. The number of fused-ring (bicyclic) bond motifs is 1. The Hall–Kier alpha value is -4.19.